The topological polar surface area (TPSA) is 72.2 Å². The third-order valence-corrected chi connectivity index (χ3v) is 4.39. The van der Waals surface area contributed by atoms with Gasteiger partial charge in [0.25, 0.3) is 0 Å². The first kappa shape index (κ1) is 13.9. The highest BCUT2D eigenvalue weighted by Gasteiger charge is 2.24. The summed E-state index contributed by atoms with van der Waals surface area (Å²) in [5.41, 5.74) is 4.85. The summed E-state index contributed by atoms with van der Waals surface area (Å²) in [5, 5.41) is 0. The number of nitrogens with one attached hydrogen (secondary N) is 1. The van der Waals surface area contributed by atoms with Gasteiger partial charge in [-0.1, -0.05) is 6.07 Å². The molecule has 4 nitrogen and oxygen atoms in total. The largest absolute Gasteiger partial charge is 0.329 e. The van der Waals surface area contributed by atoms with Crippen LogP contribution in [0.1, 0.15) is 13.8 Å². The van der Waals surface area contributed by atoms with Crippen molar-refractivity contribution in [1.82, 2.24) is 4.72 Å². The molecule has 0 heterocycles. The second-order valence-electron chi connectivity index (χ2n) is 4.15. The zero-order valence-corrected chi connectivity index (χ0v) is 12.2. The molecule has 0 saturated heterocycles. The number of benzene rings is 1. The van der Waals surface area contributed by atoms with Gasteiger partial charge in [0, 0.05) is 15.7 Å². The van der Waals surface area contributed by atoms with Gasteiger partial charge in [-0.05, 0) is 54.6 Å². The maximum absolute atomic E-state index is 12.0. The van der Waals surface area contributed by atoms with Crippen LogP contribution in [0.25, 0.3) is 0 Å². The standard InChI is InChI=1S/C10H15IN2O2S/c1-10(2,7-12)13-16(14,15)9-5-3-4-8(11)6-9/h3-6,13H,7,12H2,1-2H3. The van der Waals surface area contributed by atoms with Crippen molar-refractivity contribution < 1.29 is 8.42 Å². The molecule has 0 atom stereocenters. The van der Waals surface area contributed by atoms with Crippen LogP contribution in [0.15, 0.2) is 29.2 Å². The molecular formula is C10H15IN2O2S. The van der Waals surface area contributed by atoms with E-state index in [9.17, 15) is 8.42 Å². The van der Waals surface area contributed by atoms with Gasteiger partial charge in [-0.3, -0.25) is 0 Å². The van der Waals surface area contributed by atoms with Gasteiger partial charge in [-0.2, -0.15) is 0 Å². The predicted octanol–water partition coefficient (Wildman–Crippen LogP) is 1.31. The molecule has 1 aromatic carbocycles. The van der Waals surface area contributed by atoms with Crippen LogP contribution in [0.5, 0.6) is 0 Å². The summed E-state index contributed by atoms with van der Waals surface area (Å²) in [4.78, 5) is 0.265. The number of hydrogen-bond acceptors (Lipinski definition) is 3. The van der Waals surface area contributed by atoms with Gasteiger partial charge < -0.3 is 5.73 Å². The molecule has 6 heteroatoms. The molecule has 0 spiro atoms. The van der Waals surface area contributed by atoms with E-state index in [1.54, 1.807) is 32.0 Å². The van der Waals surface area contributed by atoms with Crippen LogP contribution in [0, 0.1) is 3.57 Å². The first-order valence-corrected chi connectivity index (χ1v) is 7.33. The normalized spacial score (nSPS) is 12.8. The molecular weight excluding hydrogens is 339 g/mol. The lowest BCUT2D eigenvalue weighted by atomic mass is 10.1. The predicted molar refractivity (Wildman–Crippen MR) is 72.6 cm³/mol. The fourth-order valence-corrected chi connectivity index (χ4v) is 3.32. The van der Waals surface area contributed by atoms with Crippen molar-refractivity contribution in [2.24, 2.45) is 5.73 Å². The molecule has 90 valence electrons. The van der Waals surface area contributed by atoms with Crippen molar-refractivity contribution in [3.8, 4) is 0 Å². The third kappa shape index (κ3) is 3.69. The molecule has 0 saturated carbocycles. The second-order valence-corrected chi connectivity index (χ2v) is 7.08. The van der Waals surface area contributed by atoms with Crippen LogP contribution in [0.3, 0.4) is 0 Å². The van der Waals surface area contributed by atoms with Crippen molar-refractivity contribution in [3.05, 3.63) is 27.8 Å². The quantitative estimate of drug-likeness (QED) is 0.801. The Morgan fingerprint density at radius 1 is 1.44 bits per heavy atom. The lowest BCUT2D eigenvalue weighted by Crippen LogP contribution is -2.48. The van der Waals surface area contributed by atoms with Crippen molar-refractivity contribution in [3.63, 3.8) is 0 Å². The molecule has 1 rings (SSSR count). The van der Waals surface area contributed by atoms with Crippen LogP contribution in [-0.2, 0) is 10.0 Å². The van der Waals surface area contributed by atoms with Crippen LogP contribution in [0.4, 0.5) is 0 Å². The van der Waals surface area contributed by atoms with Crippen LogP contribution in [-0.4, -0.2) is 20.5 Å². The van der Waals surface area contributed by atoms with Gasteiger partial charge >= 0.3 is 0 Å². The Bertz CT molecular complexity index is 471. The minimum Gasteiger partial charge on any atom is -0.329 e. The summed E-state index contributed by atoms with van der Waals surface area (Å²) in [5.74, 6) is 0. The summed E-state index contributed by atoms with van der Waals surface area (Å²) in [6.07, 6.45) is 0. The molecule has 1 aromatic rings. The molecule has 0 aliphatic heterocycles. The first-order valence-electron chi connectivity index (χ1n) is 4.76. The van der Waals surface area contributed by atoms with Gasteiger partial charge in [-0.15, -0.1) is 0 Å². The lowest BCUT2D eigenvalue weighted by molar-refractivity contribution is 0.462. The minimum absolute atomic E-state index is 0.246. The number of rotatable bonds is 4. The average molecular weight is 354 g/mol. The van der Waals surface area contributed by atoms with Crippen molar-refractivity contribution in [2.75, 3.05) is 6.54 Å². The van der Waals surface area contributed by atoms with E-state index >= 15 is 0 Å². The summed E-state index contributed by atoms with van der Waals surface area (Å²) < 4.78 is 27.4. The van der Waals surface area contributed by atoms with Gasteiger partial charge in [0.2, 0.25) is 10.0 Å². The molecule has 0 bridgehead atoms. The van der Waals surface area contributed by atoms with Crippen LogP contribution < -0.4 is 10.5 Å². The summed E-state index contributed by atoms with van der Waals surface area (Å²) >= 11 is 2.08. The maximum atomic E-state index is 12.0. The fraction of sp³-hybridized carbons (Fsp3) is 0.400. The summed E-state index contributed by atoms with van der Waals surface area (Å²) in [7, 11) is -3.49. The fourth-order valence-electron chi connectivity index (χ4n) is 1.10. The molecule has 0 aromatic heterocycles. The molecule has 0 amide bonds. The van der Waals surface area contributed by atoms with E-state index in [4.69, 9.17) is 5.73 Å². The van der Waals surface area contributed by atoms with E-state index in [1.807, 2.05) is 6.07 Å². The molecule has 0 aliphatic carbocycles. The van der Waals surface area contributed by atoms with E-state index in [0.29, 0.717) is 0 Å². The Morgan fingerprint density at radius 2 is 2.06 bits per heavy atom. The van der Waals surface area contributed by atoms with Crippen LogP contribution in [0.2, 0.25) is 0 Å². The van der Waals surface area contributed by atoms with Gasteiger partial charge in [-0.25, -0.2) is 13.1 Å². The van der Waals surface area contributed by atoms with E-state index in [-0.39, 0.29) is 11.4 Å². The highest BCUT2D eigenvalue weighted by molar-refractivity contribution is 14.1. The van der Waals surface area contributed by atoms with Crippen LogP contribution >= 0.6 is 22.6 Å². The first-order chi connectivity index (χ1) is 7.27. The van der Waals surface area contributed by atoms with Gasteiger partial charge in [0.05, 0.1) is 4.90 Å². The summed E-state index contributed by atoms with van der Waals surface area (Å²) in [6, 6.07) is 6.74. The second kappa shape index (κ2) is 4.99. The zero-order chi connectivity index (χ0) is 12.4. The Balaban J connectivity index is 3.04. The summed E-state index contributed by atoms with van der Waals surface area (Å²) in [6.45, 7) is 3.74. The molecule has 0 unspecified atom stereocenters. The van der Waals surface area contributed by atoms with Crippen molar-refractivity contribution in [1.29, 1.82) is 0 Å². The Morgan fingerprint density at radius 3 is 2.56 bits per heavy atom. The third-order valence-electron chi connectivity index (χ3n) is 2.03. The maximum Gasteiger partial charge on any atom is 0.241 e. The van der Waals surface area contributed by atoms with E-state index in [0.717, 1.165) is 3.57 Å². The van der Waals surface area contributed by atoms with Gasteiger partial charge in [0.1, 0.15) is 0 Å². The lowest BCUT2D eigenvalue weighted by Gasteiger charge is -2.23. The van der Waals surface area contributed by atoms with Crippen molar-refractivity contribution >= 4 is 32.6 Å². The number of nitrogens with two attached hydrogens (primary N) is 1. The SMILES string of the molecule is CC(C)(CN)NS(=O)(=O)c1cccc(I)c1. The monoisotopic (exact) mass is 354 g/mol. The Hall–Kier alpha value is -0.180. The number of hydrogen-bond donors (Lipinski definition) is 2. The highest BCUT2D eigenvalue weighted by Crippen LogP contribution is 2.15. The molecule has 0 radical (unpaired) electrons. The highest BCUT2D eigenvalue weighted by atomic mass is 127. The molecule has 3 N–H and O–H groups in total. The molecule has 0 fully saturated rings. The molecule has 0 aliphatic rings. The zero-order valence-electron chi connectivity index (χ0n) is 9.20. The van der Waals surface area contributed by atoms with Crippen molar-refractivity contribution in [2.45, 2.75) is 24.3 Å². The van der Waals surface area contributed by atoms with E-state index in [1.165, 1.54) is 0 Å². The minimum atomic E-state index is -3.49. The van der Waals surface area contributed by atoms with E-state index in [2.05, 4.69) is 27.3 Å². The average Bonchev–Trinajstić information content (AvgIpc) is 2.16. The Labute approximate surface area is 110 Å². The molecule has 16 heavy (non-hydrogen) atoms. The number of halogens is 1. The number of sulfonamides is 1. The Kier molecular flexibility index (Phi) is 4.33. The smallest absolute Gasteiger partial charge is 0.241 e. The van der Waals surface area contributed by atoms with Gasteiger partial charge in [0.15, 0.2) is 0 Å². The van der Waals surface area contributed by atoms with E-state index < -0.39 is 15.6 Å².